The fourth-order valence-corrected chi connectivity index (χ4v) is 3.12. The molecule has 1 heterocycles. The average molecular weight is 309 g/mol. The predicted molar refractivity (Wildman–Crippen MR) is 102 cm³/mol. The highest BCUT2D eigenvalue weighted by Crippen LogP contribution is 2.30. The summed E-state index contributed by atoms with van der Waals surface area (Å²) >= 11 is 0. The van der Waals surface area contributed by atoms with Gasteiger partial charge in [0.1, 0.15) is 0 Å². The van der Waals surface area contributed by atoms with Crippen LogP contribution in [-0.2, 0) is 0 Å². The second-order valence-corrected chi connectivity index (χ2v) is 6.26. The summed E-state index contributed by atoms with van der Waals surface area (Å²) in [6.07, 6.45) is 1.89. The molecule has 0 atom stereocenters. The lowest BCUT2D eigenvalue weighted by atomic mass is 9.97. The first kappa shape index (κ1) is 14.6. The van der Waals surface area contributed by atoms with E-state index in [0.29, 0.717) is 0 Å². The van der Waals surface area contributed by atoms with E-state index in [2.05, 4.69) is 91.6 Å². The normalized spacial score (nSPS) is 10.9. The Hall–Kier alpha value is -2.93. The summed E-state index contributed by atoms with van der Waals surface area (Å²) in [5, 5.41) is 2.41. The molecule has 0 bridgehead atoms. The lowest BCUT2D eigenvalue weighted by molar-refractivity contribution is 1.34. The van der Waals surface area contributed by atoms with E-state index >= 15 is 0 Å². The van der Waals surface area contributed by atoms with Crippen molar-refractivity contribution in [2.24, 2.45) is 0 Å². The summed E-state index contributed by atoms with van der Waals surface area (Å²) in [6, 6.07) is 25.8. The molecule has 24 heavy (non-hydrogen) atoms. The molecule has 0 aliphatic heterocycles. The van der Waals surface area contributed by atoms with E-state index in [0.717, 1.165) is 11.3 Å². The van der Waals surface area contributed by atoms with E-state index in [1.54, 1.807) is 0 Å². The van der Waals surface area contributed by atoms with Crippen LogP contribution in [-0.4, -0.2) is 4.98 Å². The minimum Gasteiger partial charge on any atom is -0.256 e. The Bertz CT molecular complexity index is 1030. The molecule has 0 saturated heterocycles. The maximum Gasteiger partial charge on any atom is 0.0780 e. The fraction of sp³-hybridized carbons (Fsp3) is 0.0870. The molecular formula is C23H19N. The van der Waals surface area contributed by atoms with Gasteiger partial charge in [-0.25, -0.2) is 0 Å². The molecule has 0 N–H and O–H groups in total. The third-order valence-corrected chi connectivity index (χ3v) is 4.65. The minimum atomic E-state index is 1.04. The molecule has 116 valence electrons. The number of hydrogen-bond donors (Lipinski definition) is 0. The van der Waals surface area contributed by atoms with Crippen LogP contribution < -0.4 is 0 Å². The zero-order valence-electron chi connectivity index (χ0n) is 14.0. The van der Waals surface area contributed by atoms with Gasteiger partial charge in [-0.1, -0.05) is 60.7 Å². The molecular weight excluding hydrogens is 290 g/mol. The van der Waals surface area contributed by atoms with Crippen LogP contribution >= 0.6 is 0 Å². The zero-order valence-corrected chi connectivity index (χ0v) is 14.0. The fourth-order valence-electron chi connectivity index (χ4n) is 3.12. The number of aromatic nitrogens is 1. The molecule has 0 saturated carbocycles. The van der Waals surface area contributed by atoms with Gasteiger partial charge in [0.05, 0.1) is 5.69 Å². The lowest BCUT2D eigenvalue weighted by Gasteiger charge is -2.09. The summed E-state index contributed by atoms with van der Waals surface area (Å²) < 4.78 is 0. The quantitative estimate of drug-likeness (QED) is 0.430. The van der Waals surface area contributed by atoms with Gasteiger partial charge < -0.3 is 0 Å². The first-order valence-corrected chi connectivity index (χ1v) is 8.24. The van der Waals surface area contributed by atoms with Crippen LogP contribution in [0.3, 0.4) is 0 Å². The first-order chi connectivity index (χ1) is 11.7. The molecule has 0 radical (unpaired) electrons. The summed E-state index contributed by atoms with van der Waals surface area (Å²) in [6.45, 7) is 4.31. The van der Waals surface area contributed by atoms with Crippen LogP contribution in [0, 0.1) is 13.8 Å². The van der Waals surface area contributed by atoms with Gasteiger partial charge in [-0.2, -0.15) is 0 Å². The molecule has 4 rings (SSSR count). The van der Waals surface area contributed by atoms with Crippen LogP contribution in [0.1, 0.15) is 11.1 Å². The highest BCUT2D eigenvalue weighted by atomic mass is 14.7. The number of rotatable bonds is 2. The van der Waals surface area contributed by atoms with Crippen LogP contribution in [0.5, 0.6) is 0 Å². The van der Waals surface area contributed by atoms with Crippen LogP contribution in [0.4, 0.5) is 0 Å². The second kappa shape index (κ2) is 5.93. The Morgan fingerprint density at radius 2 is 1.42 bits per heavy atom. The van der Waals surface area contributed by atoms with E-state index in [1.807, 2.05) is 6.20 Å². The third-order valence-electron chi connectivity index (χ3n) is 4.65. The van der Waals surface area contributed by atoms with Crippen molar-refractivity contribution < 1.29 is 0 Å². The van der Waals surface area contributed by atoms with Crippen molar-refractivity contribution in [3.05, 3.63) is 90.1 Å². The van der Waals surface area contributed by atoms with Crippen LogP contribution in [0.15, 0.2) is 79.0 Å². The van der Waals surface area contributed by atoms with Gasteiger partial charge in [-0.15, -0.1) is 0 Å². The smallest absolute Gasteiger partial charge is 0.0780 e. The maximum atomic E-state index is 4.64. The second-order valence-electron chi connectivity index (χ2n) is 6.26. The Labute approximate surface area is 142 Å². The predicted octanol–water partition coefficient (Wildman–Crippen LogP) is 6.19. The molecule has 0 fully saturated rings. The first-order valence-electron chi connectivity index (χ1n) is 8.24. The molecule has 0 unspecified atom stereocenters. The van der Waals surface area contributed by atoms with E-state index in [9.17, 15) is 0 Å². The van der Waals surface area contributed by atoms with Crippen molar-refractivity contribution in [2.45, 2.75) is 13.8 Å². The van der Waals surface area contributed by atoms with Gasteiger partial charge >= 0.3 is 0 Å². The Morgan fingerprint density at radius 3 is 2.29 bits per heavy atom. The Morgan fingerprint density at radius 1 is 0.625 bits per heavy atom. The molecule has 1 heteroatoms. The molecule has 1 aromatic heterocycles. The van der Waals surface area contributed by atoms with E-state index in [-0.39, 0.29) is 0 Å². The molecule has 3 aromatic carbocycles. The Balaban J connectivity index is 1.86. The number of hydrogen-bond acceptors (Lipinski definition) is 1. The highest BCUT2D eigenvalue weighted by molar-refractivity contribution is 5.95. The van der Waals surface area contributed by atoms with Gasteiger partial charge in [-0.3, -0.25) is 4.98 Å². The van der Waals surface area contributed by atoms with Crippen molar-refractivity contribution in [1.29, 1.82) is 0 Å². The SMILES string of the molecule is Cc1ccc(-c2cccc(-c3nccc4ccccc34)c2)cc1C. The third kappa shape index (κ3) is 2.59. The summed E-state index contributed by atoms with van der Waals surface area (Å²) in [4.78, 5) is 4.64. The number of aryl methyl sites for hydroxylation is 2. The molecule has 0 amide bonds. The maximum absolute atomic E-state index is 4.64. The highest BCUT2D eigenvalue weighted by Gasteiger charge is 2.07. The van der Waals surface area contributed by atoms with Gasteiger partial charge in [0.15, 0.2) is 0 Å². The van der Waals surface area contributed by atoms with Crippen LogP contribution in [0.25, 0.3) is 33.2 Å². The van der Waals surface area contributed by atoms with Gasteiger partial charge in [0.25, 0.3) is 0 Å². The molecule has 0 aliphatic rings. The number of benzene rings is 3. The van der Waals surface area contributed by atoms with Crippen LogP contribution in [0.2, 0.25) is 0 Å². The van der Waals surface area contributed by atoms with Gasteiger partial charge in [0.2, 0.25) is 0 Å². The van der Waals surface area contributed by atoms with Crippen molar-refractivity contribution in [1.82, 2.24) is 4.98 Å². The molecule has 4 aromatic rings. The van der Waals surface area contributed by atoms with Gasteiger partial charge in [-0.05, 0) is 53.6 Å². The number of nitrogens with zero attached hydrogens (tertiary/aromatic N) is 1. The van der Waals surface area contributed by atoms with Crippen molar-refractivity contribution >= 4 is 10.8 Å². The largest absolute Gasteiger partial charge is 0.256 e. The lowest BCUT2D eigenvalue weighted by Crippen LogP contribution is -1.88. The molecule has 0 spiro atoms. The van der Waals surface area contributed by atoms with E-state index in [1.165, 1.54) is 33.0 Å². The zero-order chi connectivity index (χ0) is 16.5. The number of pyridine rings is 1. The Kier molecular flexibility index (Phi) is 3.62. The molecule has 0 aliphatic carbocycles. The summed E-state index contributed by atoms with van der Waals surface area (Å²) in [5.74, 6) is 0. The summed E-state index contributed by atoms with van der Waals surface area (Å²) in [5.41, 5.74) is 7.32. The van der Waals surface area contributed by atoms with Crippen molar-refractivity contribution in [3.8, 4) is 22.4 Å². The van der Waals surface area contributed by atoms with Gasteiger partial charge in [0, 0.05) is 17.1 Å². The molecule has 1 nitrogen and oxygen atoms in total. The van der Waals surface area contributed by atoms with E-state index in [4.69, 9.17) is 0 Å². The van der Waals surface area contributed by atoms with Crippen molar-refractivity contribution in [3.63, 3.8) is 0 Å². The number of fused-ring (bicyclic) bond motifs is 1. The standard InChI is InChI=1S/C23H19N/c1-16-10-11-20(14-17(16)2)19-7-5-8-21(15-19)23-22-9-4-3-6-18(22)12-13-24-23/h3-15H,1-2H3. The average Bonchev–Trinajstić information content (AvgIpc) is 2.63. The topological polar surface area (TPSA) is 12.9 Å². The summed E-state index contributed by atoms with van der Waals surface area (Å²) in [7, 11) is 0. The minimum absolute atomic E-state index is 1.04. The monoisotopic (exact) mass is 309 g/mol. The van der Waals surface area contributed by atoms with E-state index < -0.39 is 0 Å². The van der Waals surface area contributed by atoms with Crippen molar-refractivity contribution in [2.75, 3.05) is 0 Å².